The summed E-state index contributed by atoms with van der Waals surface area (Å²) >= 11 is 0. The predicted octanol–water partition coefficient (Wildman–Crippen LogP) is 11.2. The summed E-state index contributed by atoms with van der Waals surface area (Å²) in [4.78, 5) is 35.4. The summed E-state index contributed by atoms with van der Waals surface area (Å²) in [6, 6.07) is 0. The van der Waals surface area contributed by atoms with Crippen molar-refractivity contribution in [3.8, 4) is 0 Å². The second-order valence-electron chi connectivity index (χ2n) is 15.7. The predicted molar refractivity (Wildman–Crippen MR) is 263 cm³/mol. The lowest BCUT2D eigenvalue weighted by atomic mass is 10.2. The van der Waals surface area contributed by atoms with Crippen LogP contribution in [0.5, 0.6) is 0 Å². The van der Waals surface area contributed by atoms with Gasteiger partial charge in [0, 0.05) is 12.8 Å². The van der Waals surface area contributed by atoms with Gasteiger partial charge in [0.1, 0.15) is 19.8 Å². The van der Waals surface area contributed by atoms with E-state index in [1.54, 1.807) is 36.5 Å². The van der Waals surface area contributed by atoms with Crippen LogP contribution in [0, 0.1) is 0 Å². The van der Waals surface area contributed by atoms with Crippen LogP contribution < -0.4 is 0 Å². The molecule has 0 bridgehead atoms. The molecular formula is C52H81NO10P+. The van der Waals surface area contributed by atoms with E-state index in [9.17, 15) is 29.3 Å². The number of hydrogen-bond acceptors (Lipinski definition) is 9. The Hall–Kier alpha value is -4.19. The summed E-state index contributed by atoms with van der Waals surface area (Å²) in [5.41, 5.74) is 0. The van der Waals surface area contributed by atoms with Crippen LogP contribution in [0.4, 0.5) is 0 Å². The number of phosphoric acid groups is 1. The molecule has 3 N–H and O–H groups in total. The van der Waals surface area contributed by atoms with Crippen LogP contribution in [0.3, 0.4) is 0 Å². The monoisotopic (exact) mass is 911 g/mol. The molecule has 11 nitrogen and oxygen atoms in total. The van der Waals surface area contributed by atoms with Gasteiger partial charge in [-0.25, -0.2) is 4.57 Å². The molecule has 358 valence electrons. The maximum absolute atomic E-state index is 12.7. The molecule has 4 atom stereocenters. The van der Waals surface area contributed by atoms with Gasteiger partial charge >= 0.3 is 19.8 Å². The first-order chi connectivity index (χ1) is 30.8. The topological polar surface area (TPSA) is 149 Å². The number of quaternary nitrogens is 1. The highest BCUT2D eigenvalue weighted by Gasteiger charge is 2.27. The van der Waals surface area contributed by atoms with Crippen LogP contribution in [-0.4, -0.2) is 97.3 Å². The number of phosphoric ester groups is 1. The van der Waals surface area contributed by atoms with E-state index in [1.165, 1.54) is 0 Å². The molecule has 0 aromatic heterocycles. The van der Waals surface area contributed by atoms with Crippen molar-refractivity contribution in [1.82, 2.24) is 0 Å². The van der Waals surface area contributed by atoms with Crippen molar-refractivity contribution in [2.75, 3.05) is 47.5 Å². The zero-order valence-electron chi connectivity index (χ0n) is 39.4. The Labute approximate surface area is 386 Å². The molecule has 0 aromatic carbocycles. The van der Waals surface area contributed by atoms with Crippen LogP contribution in [-0.2, 0) is 32.7 Å². The number of ether oxygens (including phenoxy) is 2. The second-order valence-corrected chi connectivity index (χ2v) is 17.2. The molecule has 0 radical (unpaired) electrons. The zero-order chi connectivity index (χ0) is 47.4. The Morgan fingerprint density at radius 2 is 0.953 bits per heavy atom. The van der Waals surface area contributed by atoms with Gasteiger partial charge in [-0.15, -0.1) is 0 Å². The second kappa shape index (κ2) is 41.5. The molecule has 0 fully saturated rings. The number of aliphatic hydroxyl groups excluding tert-OH is 2. The van der Waals surface area contributed by atoms with E-state index in [4.69, 9.17) is 18.5 Å². The Balaban J connectivity index is 4.72. The molecule has 0 amide bonds. The SMILES string of the molecule is CC/C=C\C/C=C\C/C=C\C/C=C\C/C=C\C/C=C\CCC(=O)OC[C@H](COP(=O)(O)OCC[N+](C)(C)C)OC(=O)CC/C=C\C/C=C\C[C@@H](O)/C=C/C=C\C=C\[C@@H](O)C/C=C\CC. The van der Waals surface area contributed by atoms with Gasteiger partial charge < -0.3 is 29.1 Å². The third-order valence-electron chi connectivity index (χ3n) is 8.56. The van der Waals surface area contributed by atoms with E-state index >= 15 is 0 Å². The number of carbonyl (C=O) groups excluding carboxylic acids is 2. The molecule has 0 aromatic rings. The first-order valence-electron chi connectivity index (χ1n) is 22.8. The van der Waals surface area contributed by atoms with Gasteiger partial charge in [-0.05, 0) is 77.0 Å². The van der Waals surface area contributed by atoms with E-state index in [0.29, 0.717) is 43.1 Å². The fourth-order valence-electron chi connectivity index (χ4n) is 5.00. The third-order valence-corrected chi connectivity index (χ3v) is 9.54. The Morgan fingerprint density at radius 1 is 0.547 bits per heavy atom. The van der Waals surface area contributed by atoms with Crippen LogP contribution in [0.15, 0.2) is 146 Å². The summed E-state index contributed by atoms with van der Waals surface area (Å²) in [6.07, 6.45) is 54.2. The summed E-state index contributed by atoms with van der Waals surface area (Å²) in [5, 5.41) is 20.0. The van der Waals surface area contributed by atoms with Crippen molar-refractivity contribution >= 4 is 19.8 Å². The van der Waals surface area contributed by atoms with Gasteiger partial charge in [-0.2, -0.15) is 0 Å². The first kappa shape index (κ1) is 59.8. The molecular weight excluding hydrogens is 830 g/mol. The van der Waals surface area contributed by atoms with Gasteiger partial charge in [-0.1, -0.05) is 160 Å². The highest BCUT2D eigenvalue weighted by molar-refractivity contribution is 7.47. The number of aliphatic hydroxyl groups is 2. The third kappa shape index (κ3) is 44.4. The van der Waals surface area contributed by atoms with Crippen molar-refractivity contribution in [1.29, 1.82) is 0 Å². The zero-order valence-corrected chi connectivity index (χ0v) is 40.3. The summed E-state index contributed by atoms with van der Waals surface area (Å²) in [7, 11) is 1.29. The van der Waals surface area contributed by atoms with E-state index < -0.39 is 44.7 Å². The lowest BCUT2D eigenvalue weighted by Gasteiger charge is -2.24. The van der Waals surface area contributed by atoms with Gasteiger partial charge in [0.15, 0.2) is 6.10 Å². The highest BCUT2D eigenvalue weighted by atomic mass is 31.2. The lowest BCUT2D eigenvalue weighted by molar-refractivity contribution is -0.870. The quantitative estimate of drug-likeness (QED) is 0.0180. The van der Waals surface area contributed by atoms with Crippen molar-refractivity contribution in [3.63, 3.8) is 0 Å². The summed E-state index contributed by atoms with van der Waals surface area (Å²) in [6.45, 7) is 3.78. The summed E-state index contributed by atoms with van der Waals surface area (Å²) in [5.74, 6) is -1.08. The van der Waals surface area contributed by atoms with E-state index in [-0.39, 0.29) is 26.1 Å². The summed E-state index contributed by atoms with van der Waals surface area (Å²) < 4.78 is 34.1. The molecule has 1 unspecified atom stereocenters. The number of allylic oxidation sites excluding steroid dienone is 20. The molecule has 0 aliphatic heterocycles. The number of rotatable bonds is 38. The van der Waals surface area contributed by atoms with Gasteiger partial charge in [0.2, 0.25) is 0 Å². The molecule has 0 rings (SSSR count). The Bertz CT molecular complexity index is 1620. The molecule has 0 saturated heterocycles. The smallest absolute Gasteiger partial charge is 0.462 e. The van der Waals surface area contributed by atoms with Crippen molar-refractivity contribution in [2.45, 2.75) is 122 Å². The maximum Gasteiger partial charge on any atom is 0.472 e. The number of esters is 2. The molecule has 0 spiro atoms. The van der Waals surface area contributed by atoms with Crippen molar-refractivity contribution in [2.24, 2.45) is 0 Å². The van der Waals surface area contributed by atoms with E-state index in [0.717, 1.165) is 44.9 Å². The Morgan fingerprint density at radius 3 is 1.42 bits per heavy atom. The molecule has 64 heavy (non-hydrogen) atoms. The van der Waals surface area contributed by atoms with Crippen molar-refractivity contribution in [3.05, 3.63) is 146 Å². The number of likely N-dealkylation sites (N-methyl/N-ethyl adjacent to an activating group) is 1. The van der Waals surface area contributed by atoms with Crippen LogP contribution in [0.2, 0.25) is 0 Å². The fraction of sp³-hybridized carbons (Fsp3) is 0.500. The van der Waals surface area contributed by atoms with Gasteiger partial charge in [-0.3, -0.25) is 18.6 Å². The normalized spacial score (nSPS) is 15.8. The first-order valence-corrected chi connectivity index (χ1v) is 24.3. The van der Waals surface area contributed by atoms with Gasteiger partial charge in [0.25, 0.3) is 0 Å². The average Bonchev–Trinajstić information content (AvgIpc) is 3.24. The van der Waals surface area contributed by atoms with Crippen molar-refractivity contribution < 1.29 is 52.3 Å². The minimum atomic E-state index is -4.45. The number of nitrogens with zero attached hydrogens (tertiary/aromatic N) is 1. The molecule has 0 aliphatic rings. The molecule has 12 heteroatoms. The highest BCUT2D eigenvalue weighted by Crippen LogP contribution is 2.43. The molecule has 0 heterocycles. The fourth-order valence-corrected chi connectivity index (χ4v) is 5.74. The maximum atomic E-state index is 12.7. The molecule has 0 saturated carbocycles. The van der Waals surface area contributed by atoms with E-state index in [2.05, 4.69) is 67.7 Å². The standard InChI is InChI=1S/C52H80NO10P/c1-6-8-10-11-12-13-14-15-16-17-18-19-20-21-22-23-24-28-36-42-51(56)60-46-50(47-62-64(58,59)61-45-44-53(3,4)5)63-52(57)43-37-29-26-25-27-33-39-49(55)41-35-31-30-34-40-48(54)38-32-9-7-2/h8-10,12-13,15-16,18-19,21-22,24,26-35,40-41,48-50,54-55H,6-7,11,14,17,20,23,25,36-39,42-47H2,1-5H3/p+1/b10-8-,13-12-,16-15-,19-18-,22-21-,28-24-,29-26-,31-30-,32-9-,33-27-,40-34+,41-35+/t48-,49+,50+/m0/s1. The number of hydrogen-bond donors (Lipinski definition) is 3. The van der Waals surface area contributed by atoms with Crippen LogP contribution in [0.25, 0.3) is 0 Å². The minimum Gasteiger partial charge on any atom is -0.462 e. The van der Waals surface area contributed by atoms with Crippen LogP contribution in [0.1, 0.15) is 104 Å². The Kier molecular flexibility index (Phi) is 38.8. The van der Waals surface area contributed by atoms with Crippen LogP contribution >= 0.6 is 7.82 Å². The molecule has 0 aliphatic carbocycles. The number of carbonyl (C=O) groups is 2. The lowest BCUT2D eigenvalue weighted by Crippen LogP contribution is -2.37. The van der Waals surface area contributed by atoms with Gasteiger partial charge in [0.05, 0.1) is 40.0 Å². The largest absolute Gasteiger partial charge is 0.472 e. The minimum absolute atomic E-state index is 0.0227. The average molecular weight is 911 g/mol. The van der Waals surface area contributed by atoms with E-state index in [1.807, 2.05) is 76.7 Å².